The summed E-state index contributed by atoms with van der Waals surface area (Å²) in [7, 11) is 0. The number of carboxylic acids is 1. The summed E-state index contributed by atoms with van der Waals surface area (Å²) < 4.78 is 0. The highest BCUT2D eigenvalue weighted by Gasteiger charge is 2.22. The molecule has 1 N–H and O–H groups in total. The Morgan fingerprint density at radius 2 is 2.22 bits per heavy atom. The summed E-state index contributed by atoms with van der Waals surface area (Å²) >= 11 is 1.26. The van der Waals surface area contributed by atoms with Crippen LogP contribution in [-0.4, -0.2) is 34.2 Å². The van der Waals surface area contributed by atoms with Gasteiger partial charge in [0.2, 0.25) is 0 Å². The van der Waals surface area contributed by atoms with E-state index in [1.54, 1.807) is 6.92 Å². The van der Waals surface area contributed by atoms with Crippen molar-refractivity contribution in [2.75, 3.05) is 13.1 Å². The number of aryl methyl sites for hydroxylation is 1. The van der Waals surface area contributed by atoms with E-state index in [-0.39, 0.29) is 0 Å². The van der Waals surface area contributed by atoms with Gasteiger partial charge in [-0.1, -0.05) is 0 Å². The lowest BCUT2D eigenvalue weighted by Gasteiger charge is -2.26. The minimum Gasteiger partial charge on any atom is -0.477 e. The molecule has 0 amide bonds. The molecule has 0 aromatic carbocycles. The summed E-state index contributed by atoms with van der Waals surface area (Å²) in [5.41, 5.74) is 0.592. The molecular formula is C11H15N3O3S. The van der Waals surface area contributed by atoms with Crippen molar-refractivity contribution in [3.05, 3.63) is 20.5 Å². The molecule has 2 heterocycles. The first-order valence-corrected chi connectivity index (χ1v) is 6.69. The summed E-state index contributed by atoms with van der Waals surface area (Å²) in [6.45, 7) is 3.09. The minimum atomic E-state index is -0.906. The monoisotopic (exact) mass is 269 g/mol. The van der Waals surface area contributed by atoms with E-state index >= 15 is 0 Å². The molecule has 0 unspecified atom stereocenters. The standard InChI is InChI=1S/C11H15N3O3S/c1-7-10(11(15)16)18-9(12-7)6-8-2-4-14(13-17)5-3-8/h8H,2-6H2,1H3,(H,15,16). The van der Waals surface area contributed by atoms with Crippen LogP contribution in [0.4, 0.5) is 0 Å². The van der Waals surface area contributed by atoms with Gasteiger partial charge in [-0.05, 0) is 25.7 Å². The first kappa shape index (κ1) is 12.9. The third kappa shape index (κ3) is 2.84. The first-order valence-electron chi connectivity index (χ1n) is 5.88. The molecule has 1 aliphatic rings. The van der Waals surface area contributed by atoms with Crippen LogP contribution in [0, 0.1) is 17.7 Å². The summed E-state index contributed by atoms with van der Waals surface area (Å²) in [6, 6.07) is 0. The lowest BCUT2D eigenvalue weighted by molar-refractivity contribution is 0.0701. The van der Waals surface area contributed by atoms with Crippen molar-refractivity contribution in [1.29, 1.82) is 0 Å². The average Bonchev–Trinajstić information content (AvgIpc) is 2.71. The largest absolute Gasteiger partial charge is 0.477 e. The normalized spacial score (nSPS) is 16.8. The highest BCUT2D eigenvalue weighted by atomic mass is 32.1. The van der Waals surface area contributed by atoms with Crippen LogP contribution >= 0.6 is 11.3 Å². The summed E-state index contributed by atoms with van der Waals surface area (Å²) in [5.74, 6) is -0.439. The number of nitroso groups, excluding NO2 is 1. The van der Waals surface area contributed by atoms with Crippen molar-refractivity contribution in [1.82, 2.24) is 9.99 Å². The molecule has 0 bridgehead atoms. The Balaban J connectivity index is 1.96. The van der Waals surface area contributed by atoms with E-state index in [0.717, 1.165) is 24.3 Å². The van der Waals surface area contributed by atoms with Crippen molar-refractivity contribution in [3.63, 3.8) is 0 Å². The third-order valence-electron chi connectivity index (χ3n) is 3.20. The number of nitrogens with zero attached hydrogens (tertiary/aromatic N) is 3. The molecule has 18 heavy (non-hydrogen) atoms. The lowest BCUT2D eigenvalue weighted by Crippen LogP contribution is -2.29. The minimum absolute atomic E-state index is 0.331. The zero-order chi connectivity index (χ0) is 13.1. The molecule has 1 aromatic heterocycles. The number of aromatic carboxylic acids is 1. The van der Waals surface area contributed by atoms with Crippen molar-refractivity contribution in [2.24, 2.45) is 11.2 Å². The number of hydrogen-bond donors (Lipinski definition) is 1. The van der Waals surface area contributed by atoms with Gasteiger partial charge in [0.15, 0.2) is 0 Å². The molecule has 2 rings (SSSR count). The number of carbonyl (C=O) groups is 1. The smallest absolute Gasteiger partial charge is 0.347 e. The number of carboxylic acid groups (broad SMARTS) is 1. The van der Waals surface area contributed by atoms with Crippen molar-refractivity contribution >= 4 is 17.3 Å². The fourth-order valence-corrected chi connectivity index (χ4v) is 3.21. The van der Waals surface area contributed by atoms with Crippen LogP contribution in [0.15, 0.2) is 5.29 Å². The first-order chi connectivity index (χ1) is 8.60. The SMILES string of the molecule is Cc1nc(CC2CCN(N=O)CC2)sc1C(=O)O. The van der Waals surface area contributed by atoms with Crippen LogP contribution in [0.5, 0.6) is 0 Å². The number of aromatic nitrogens is 1. The van der Waals surface area contributed by atoms with Crippen molar-refractivity contribution in [2.45, 2.75) is 26.2 Å². The molecule has 0 aliphatic carbocycles. The second kappa shape index (κ2) is 5.43. The van der Waals surface area contributed by atoms with Crippen LogP contribution in [0.2, 0.25) is 0 Å². The Bertz CT molecular complexity index is 452. The Morgan fingerprint density at radius 3 is 2.72 bits per heavy atom. The molecule has 6 nitrogen and oxygen atoms in total. The number of rotatable bonds is 4. The van der Waals surface area contributed by atoms with Gasteiger partial charge in [0, 0.05) is 19.5 Å². The van der Waals surface area contributed by atoms with Gasteiger partial charge in [-0.25, -0.2) is 9.78 Å². The predicted octanol–water partition coefficient (Wildman–Crippen LogP) is 2.09. The molecule has 0 spiro atoms. The fraction of sp³-hybridized carbons (Fsp3) is 0.636. The second-order valence-electron chi connectivity index (χ2n) is 4.51. The number of hydrogen-bond acceptors (Lipinski definition) is 5. The second-order valence-corrected chi connectivity index (χ2v) is 5.59. The van der Waals surface area contributed by atoms with Gasteiger partial charge >= 0.3 is 5.97 Å². The van der Waals surface area contributed by atoms with E-state index in [1.807, 2.05) is 0 Å². The molecule has 7 heteroatoms. The van der Waals surface area contributed by atoms with E-state index < -0.39 is 5.97 Å². The third-order valence-corrected chi connectivity index (χ3v) is 4.37. The molecule has 1 aromatic rings. The van der Waals surface area contributed by atoms with Gasteiger partial charge in [-0.2, -0.15) is 0 Å². The van der Waals surface area contributed by atoms with Gasteiger partial charge in [0.25, 0.3) is 0 Å². The maximum Gasteiger partial charge on any atom is 0.347 e. The molecule has 98 valence electrons. The van der Waals surface area contributed by atoms with E-state index in [4.69, 9.17) is 5.11 Å². The lowest BCUT2D eigenvalue weighted by atomic mass is 9.95. The van der Waals surface area contributed by atoms with Crippen LogP contribution in [0.25, 0.3) is 0 Å². The van der Waals surface area contributed by atoms with E-state index in [9.17, 15) is 9.70 Å². The zero-order valence-electron chi connectivity index (χ0n) is 10.1. The summed E-state index contributed by atoms with van der Waals surface area (Å²) in [6.07, 6.45) is 2.62. The Kier molecular flexibility index (Phi) is 3.90. The molecular weight excluding hydrogens is 254 g/mol. The van der Waals surface area contributed by atoms with Crippen LogP contribution in [-0.2, 0) is 6.42 Å². The molecule has 1 saturated heterocycles. The highest BCUT2D eigenvalue weighted by Crippen LogP contribution is 2.25. The summed E-state index contributed by atoms with van der Waals surface area (Å²) in [4.78, 5) is 25.9. The predicted molar refractivity (Wildman–Crippen MR) is 67.6 cm³/mol. The van der Waals surface area contributed by atoms with Crippen molar-refractivity contribution < 1.29 is 9.90 Å². The van der Waals surface area contributed by atoms with E-state index in [0.29, 0.717) is 29.6 Å². The van der Waals surface area contributed by atoms with E-state index in [1.165, 1.54) is 16.3 Å². The number of piperidine rings is 1. The van der Waals surface area contributed by atoms with Crippen LogP contribution in [0.3, 0.4) is 0 Å². The van der Waals surface area contributed by atoms with E-state index in [2.05, 4.69) is 10.3 Å². The van der Waals surface area contributed by atoms with Gasteiger partial charge in [0.05, 0.1) is 16.0 Å². The number of thiazole rings is 1. The fourth-order valence-electron chi connectivity index (χ4n) is 2.19. The maximum absolute atomic E-state index is 10.9. The highest BCUT2D eigenvalue weighted by molar-refractivity contribution is 7.13. The molecule has 1 fully saturated rings. The Hall–Kier alpha value is -1.50. The maximum atomic E-state index is 10.9. The van der Waals surface area contributed by atoms with Gasteiger partial charge in [0.1, 0.15) is 4.88 Å². The Morgan fingerprint density at radius 1 is 1.56 bits per heavy atom. The van der Waals surface area contributed by atoms with Crippen LogP contribution in [0.1, 0.15) is 33.2 Å². The van der Waals surface area contributed by atoms with Gasteiger partial charge in [-0.15, -0.1) is 16.2 Å². The molecule has 1 aliphatic heterocycles. The average molecular weight is 269 g/mol. The Labute approximate surface area is 109 Å². The quantitative estimate of drug-likeness (QED) is 0.846. The summed E-state index contributed by atoms with van der Waals surface area (Å²) in [5, 5.41) is 14.3. The molecule has 0 radical (unpaired) electrons. The topological polar surface area (TPSA) is 82.9 Å². The molecule has 0 saturated carbocycles. The molecule has 0 atom stereocenters. The van der Waals surface area contributed by atoms with Crippen molar-refractivity contribution in [3.8, 4) is 0 Å². The van der Waals surface area contributed by atoms with Gasteiger partial charge in [-0.3, -0.25) is 5.01 Å². The van der Waals surface area contributed by atoms with Gasteiger partial charge < -0.3 is 5.11 Å². The zero-order valence-corrected chi connectivity index (χ0v) is 10.9. The van der Waals surface area contributed by atoms with Crippen LogP contribution < -0.4 is 0 Å².